The lowest BCUT2D eigenvalue weighted by Crippen LogP contribution is -2.05. The number of hydrogen-bond donors (Lipinski definition) is 0. The standard InChI is InChI=1S/C9H16OS/c1-11-7-3-5-8-4-2-6-9(8)10/h8H,2-7H2,1H3. The van der Waals surface area contributed by atoms with Crippen LogP contribution < -0.4 is 0 Å². The summed E-state index contributed by atoms with van der Waals surface area (Å²) in [5.41, 5.74) is 0. The van der Waals surface area contributed by atoms with Crippen LogP contribution in [-0.2, 0) is 4.79 Å². The monoisotopic (exact) mass is 172 g/mol. The predicted octanol–water partition coefficient (Wildman–Crippen LogP) is 2.50. The molecular formula is C9H16OS. The zero-order valence-corrected chi connectivity index (χ0v) is 7.95. The van der Waals surface area contributed by atoms with Gasteiger partial charge in [-0.3, -0.25) is 4.79 Å². The molecule has 0 bridgehead atoms. The molecule has 1 unspecified atom stereocenters. The van der Waals surface area contributed by atoms with Gasteiger partial charge in [-0.15, -0.1) is 0 Å². The van der Waals surface area contributed by atoms with Crippen LogP contribution in [0.4, 0.5) is 0 Å². The fourth-order valence-corrected chi connectivity index (χ4v) is 2.12. The van der Waals surface area contributed by atoms with Crippen molar-refractivity contribution in [1.82, 2.24) is 0 Å². The lowest BCUT2D eigenvalue weighted by atomic mass is 10.0. The van der Waals surface area contributed by atoms with Crippen molar-refractivity contribution < 1.29 is 4.79 Å². The summed E-state index contributed by atoms with van der Waals surface area (Å²) in [6.07, 6.45) is 7.63. The summed E-state index contributed by atoms with van der Waals surface area (Å²) in [6, 6.07) is 0. The van der Waals surface area contributed by atoms with Gasteiger partial charge in [-0.2, -0.15) is 11.8 Å². The van der Waals surface area contributed by atoms with Crippen LogP contribution in [0.15, 0.2) is 0 Å². The second-order valence-corrected chi connectivity index (χ2v) is 4.18. The molecular weight excluding hydrogens is 156 g/mol. The molecule has 0 aromatic carbocycles. The number of Topliss-reactive ketones (excluding diaryl/α,β-unsaturated/α-hetero) is 1. The summed E-state index contributed by atoms with van der Waals surface area (Å²) in [7, 11) is 0. The Kier molecular flexibility index (Phi) is 3.98. The molecule has 1 saturated carbocycles. The van der Waals surface area contributed by atoms with Gasteiger partial charge in [-0.05, 0) is 37.7 Å². The maximum atomic E-state index is 11.2. The van der Waals surface area contributed by atoms with Gasteiger partial charge in [-0.25, -0.2) is 0 Å². The Morgan fingerprint density at radius 2 is 2.45 bits per heavy atom. The van der Waals surface area contributed by atoms with Crippen molar-refractivity contribution in [3.8, 4) is 0 Å². The molecule has 11 heavy (non-hydrogen) atoms. The van der Waals surface area contributed by atoms with Gasteiger partial charge < -0.3 is 0 Å². The highest BCUT2D eigenvalue weighted by Crippen LogP contribution is 2.25. The summed E-state index contributed by atoms with van der Waals surface area (Å²) >= 11 is 1.87. The molecule has 0 saturated heterocycles. The lowest BCUT2D eigenvalue weighted by Gasteiger charge is -2.05. The van der Waals surface area contributed by atoms with Gasteiger partial charge in [0.25, 0.3) is 0 Å². The minimum atomic E-state index is 0.433. The van der Waals surface area contributed by atoms with Crippen molar-refractivity contribution in [3.05, 3.63) is 0 Å². The van der Waals surface area contributed by atoms with Crippen LogP contribution in [-0.4, -0.2) is 17.8 Å². The summed E-state index contributed by atoms with van der Waals surface area (Å²) in [4.78, 5) is 11.2. The number of rotatable bonds is 4. The topological polar surface area (TPSA) is 17.1 Å². The van der Waals surface area contributed by atoms with Gasteiger partial charge in [0.05, 0.1) is 0 Å². The number of ketones is 1. The number of hydrogen-bond acceptors (Lipinski definition) is 2. The Bertz CT molecular complexity index is 134. The fraction of sp³-hybridized carbons (Fsp3) is 0.889. The second-order valence-electron chi connectivity index (χ2n) is 3.19. The first-order valence-corrected chi connectivity index (χ1v) is 5.75. The second kappa shape index (κ2) is 4.81. The highest BCUT2D eigenvalue weighted by Gasteiger charge is 2.23. The fourth-order valence-electron chi connectivity index (χ4n) is 1.67. The molecule has 1 aliphatic rings. The Balaban J connectivity index is 2.10. The van der Waals surface area contributed by atoms with Gasteiger partial charge in [0, 0.05) is 12.3 Å². The molecule has 1 fully saturated rings. The molecule has 0 spiro atoms. The number of thioether (sulfide) groups is 1. The predicted molar refractivity (Wildman–Crippen MR) is 50.0 cm³/mol. The number of carbonyl (C=O) groups excluding carboxylic acids is 1. The zero-order chi connectivity index (χ0) is 8.10. The van der Waals surface area contributed by atoms with E-state index in [1.807, 2.05) is 11.8 Å². The quantitative estimate of drug-likeness (QED) is 0.606. The number of carbonyl (C=O) groups is 1. The molecule has 0 N–H and O–H groups in total. The van der Waals surface area contributed by atoms with E-state index in [9.17, 15) is 4.79 Å². The summed E-state index contributed by atoms with van der Waals surface area (Å²) in [5.74, 6) is 2.16. The lowest BCUT2D eigenvalue weighted by molar-refractivity contribution is -0.120. The molecule has 64 valence electrons. The van der Waals surface area contributed by atoms with Crippen LogP contribution in [0.3, 0.4) is 0 Å². The maximum absolute atomic E-state index is 11.2. The first-order chi connectivity index (χ1) is 5.34. The first kappa shape index (κ1) is 9.11. The van der Waals surface area contributed by atoms with E-state index in [1.54, 1.807) is 0 Å². The van der Waals surface area contributed by atoms with E-state index >= 15 is 0 Å². The molecule has 0 radical (unpaired) electrons. The van der Waals surface area contributed by atoms with E-state index in [0.717, 1.165) is 25.7 Å². The molecule has 1 aliphatic carbocycles. The van der Waals surface area contributed by atoms with Crippen molar-refractivity contribution in [2.45, 2.75) is 32.1 Å². The van der Waals surface area contributed by atoms with Crippen LogP contribution in [0.25, 0.3) is 0 Å². The minimum absolute atomic E-state index is 0.433. The van der Waals surface area contributed by atoms with Gasteiger partial charge in [0.15, 0.2) is 0 Å². The van der Waals surface area contributed by atoms with E-state index in [0.29, 0.717) is 11.7 Å². The average molecular weight is 172 g/mol. The molecule has 0 aromatic rings. The molecule has 0 aromatic heterocycles. The third-order valence-corrected chi connectivity index (χ3v) is 3.03. The largest absolute Gasteiger partial charge is 0.299 e. The molecule has 0 amide bonds. The van der Waals surface area contributed by atoms with Crippen molar-refractivity contribution in [2.24, 2.45) is 5.92 Å². The van der Waals surface area contributed by atoms with Gasteiger partial charge in [0.2, 0.25) is 0 Å². The average Bonchev–Trinajstić information content (AvgIpc) is 2.37. The van der Waals surface area contributed by atoms with Crippen molar-refractivity contribution >= 4 is 17.5 Å². The third kappa shape index (κ3) is 2.86. The van der Waals surface area contributed by atoms with Crippen LogP contribution in [0.1, 0.15) is 32.1 Å². The van der Waals surface area contributed by atoms with Crippen LogP contribution in [0, 0.1) is 5.92 Å². The SMILES string of the molecule is CSCCCC1CCCC1=O. The highest BCUT2D eigenvalue weighted by atomic mass is 32.2. The van der Waals surface area contributed by atoms with Gasteiger partial charge in [-0.1, -0.05) is 0 Å². The molecule has 1 rings (SSSR count). The van der Waals surface area contributed by atoms with Gasteiger partial charge in [0.1, 0.15) is 5.78 Å². The van der Waals surface area contributed by atoms with Crippen LogP contribution in [0.5, 0.6) is 0 Å². The van der Waals surface area contributed by atoms with E-state index < -0.39 is 0 Å². The van der Waals surface area contributed by atoms with Crippen LogP contribution >= 0.6 is 11.8 Å². The van der Waals surface area contributed by atoms with Crippen molar-refractivity contribution in [3.63, 3.8) is 0 Å². The molecule has 2 heteroatoms. The Morgan fingerprint density at radius 3 is 3.00 bits per heavy atom. The van der Waals surface area contributed by atoms with Crippen molar-refractivity contribution in [2.75, 3.05) is 12.0 Å². The Hall–Kier alpha value is 0.0200. The maximum Gasteiger partial charge on any atom is 0.135 e. The Morgan fingerprint density at radius 1 is 1.64 bits per heavy atom. The molecule has 1 nitrogen and oxygen atoms in total. The van der Waals surface area contributed by atoms with E-state index in [4.69, 9.17) is 0 Å². The smallest absolute Gasteiger partial charge is 0.135 e. The molecule has 1 atom stereocenters. The third-order valence-electron chi connectivity index (χ3n) is 2.33. The molecule has 0 aliphatic heterocycles. The highest BCUT2D eigenvalue weighted by molar-refractivity contribution is 7.98. The molecule has 0 heterocycles. The summed E-state index contributed by atoms with van der Waals surface area (Å²) in [5, 5.41) is 0. The van der Waals surface area contributed by atoms with E-state index in [1.165, 1.54) is 12.2 Å². The van der Waals surface area contributed by atoms with E-state index in [-0.39, 0.29) is 0 Å². The Labute approximate surface area is 72.9 Å². The zero-order valence-electron chi connectivity index (χ0n) is 7.14. The summed E-state index contributed by atoms with van der Waals surface area (Å²) < 4.78 is 0. The van der Waals surface area contributed by atoms with Gasteiger partial charge >= 0.3 is 0 Å². The van der Waals surface area contributed by atoms with Crippen molar-refractivity contribution in [1.29, 1.82) is 0 Å². The van der Waals surface area contributed by atoms with Crippen LogP contribution in [0.2, 0.25) is 0 Å². The summed E-state index contributed by atoms with van der Waals surface area (Å²) in [6.45, 7) is 0. The van der Waals surface area contributed by atoms with E-state index in [2.05, 4.69) is 6.26 Å². The normalized spacial score (nSPS) is 24.5. The minimum Gasteiger partial charge on any atom is -0.299 e. The first-order valence-electron chi connectivity index (χ1n) is 4.36.